The average molecular weight is 243 g/mol. The summed E-state index contributed by atoms with van der Waals surface area (Å²) in [5.41, 5.74) is 0.543. The molecule has 4 nitrogen and oxygen atoms in total. The lowest BCUT2D eigenvalue weighted by atomic mass is 10.2. The Kier molecular flexibility index (Phi) is 3.87. The van der Waals surface area contributed by atoms with Gasteiger partial charge in [-0.15, -0.1) is 0 Å². The topological polar surface area (TPSA) is 44.5 Å². The van der Waals surface area contributed by atoms with Crippen LogP contribution in [-0.2, 0) is 4.74 Å². The molecule has 1 aromatic carbocycles. The third kappa shape index (κ3) is 3.13. The summed E-state index contributed by atoms with van der Waals surface area (Å²) in [5, 5.41) is 4.47. The first-order chi connectivity index (χ1) is 8.27. The molecule has 0 radical (unpaired) electrons. The summed E-state index contributed by atoms with van der Waals surface area (Å²) in [6.45, 7) is -0.280. The molecule has 0 aliphatic rings. The number of aromatic nitrogens is 1. The van der Waals surface area contributed by atoms with Gasteiger partial charge in [0.05, 0.1) is 12.8 Å². The first-order valence-electron chi connectivity index (χ1n) is 5.09. The van der Waals surface area contributed by atoms with Crippen molar-refractivity contribution in [1.29, 1.82) is 0 Å². The van der Waals surface area contributed by atoms with Crippen LogP contribution >= 0.6 is 0 Å². The minimum Gasteiger partial charge on any atom is -0.487 e. The summed E-state index contributed by atoms with van der Waals surface area (Å²) in [5.74, 6) is 0.528. The van der Waals surface area contributed by atoms with E-state index in [1.165, 1.54) is 0 Å². The molecule has 0 N–H and O–H groups in total. The normalized spacial score (nSPS) is 11.2. The van der Waals surface area contributed by atoms with Gasteiger partial charge in [-0.1, -0.05) is 11.2 Å². The van der Waals surface area contributed by atoms with E-state index in [1.54, 1.807) is 18.3 Å². The second kappa shape index (κ2) is 5.58. The molecule has 0 fully saturated rings. The maximum absolute atomic E-state index is 11.8. The lowest BCUT2D eigenvalue weighted by molar-refractivity contribution is 0.00766. The monoisotopic (exact) mass is 243 g/mol. The Hall–Kier alpha value is -1.69. The average Bonchev–Trinajstić information content (AvgIpc) is 2.77. The number of hydrogen-bond acceptors (Lipinski definition) is 4. The molecule has 0 saturated carbocycles. The van der Waals surface area contributed by atoms with Crippen LogP contribution in [0.25, 0.3) is 11.0 Å². The summed E-state index contributed by atoms with van der Waals surface area (Å²) in [6, 6.07) is 5.36. The Balaban J connectivity index is 1.84. The van der Waals surface area contributed by atoms with E-state index in [9.17, 15) is 8.78 Å². The minimum atomic E-state index is -2.45. The van der Waals surface area contributed by atoms with E-state index >= 15 is 0 Å². The molecule has 1 heterocycles. The molecule has 0 atom stereocenters. The van der Waals surface area contributed by atoms with E-state index < -0.39 is 13.0 Å². The number of benzene rings is 1. The minimum absolute atomic E-state index is 0.106. The molecule has 17 heavy (non-hydrogen) atoms. The second-order valence-electron chi connectivity index (χ2n) is 3.31. The third-order valence-corrected chi connectivity index (χ3v) is 2.07. The number of hydrogen-bond donors (Lipinski definition) is 0. The molecule has 0 saturated heterocycles. The van der Waals surface area contributed by atoms with Crippen molar-refractivity contribution >= 4 is 11.0 Å². The van der Waals surface area contributed by atoms with Gasteiger partial charge in [-0.05, 0) is 12.1 Å². The van der Waals surface area contributed by atoms with Crippen LogP contribution in [0.3, 0.4) is 0 Å². The number of ether oxygens (including phenoxy) is 2. The van der Waals surface area contributed by atoms with E-state index in [-0.39, 0.29) is 13.2 Å². The van der Waals surface area contributed by atoms with Crippen molar-refractivity contribution in [1.82, 2.24) is 5.16 Å². The SMILES string of the molecule is FC(F)COCCOc1cccc2cnoc12. The molecule has 1 aromatic heterocycles. The smallest absolute Gasteiger partial charge is 0.261 e. The standard InChI is InChI=1S/C11H11F2NO3/c12-10(13)7-15-4-5-16-9-3-1-2-8-6-14-17-11(8)9/h1-3,6,10H,4-5,7H2. The highest BCUT2D eigenvalue weighted by Crippen LogP contribution is 2.24. The molecular formula is C11H11F2NO3. The van der Waals surface area contributed by atoms with Gasteiger partial charge in [-0.3, -0.25) is 0 Å². The van der Waals surface area contributed by atoms with Crippen LogP contribution in [0.4, 0.5) is 8.78 Å². The highest BCUT2D eigenvalue weighted by molar-refractivity contribution is 5.81. The first-order valence-corrected chi connectivity index (χ1v) is 5.09. The highest BCUT2D eigenvalue weighted by atomic mass is 19.3. The summed E-state index contributed by atoms with van der Waals surface area (Å²) >= 11 is 0. The maximum Gasteiger partial charge on any atom is 0.261 e. The summed E-state index contributed by atoms with van der Waals surface area (Å²) in [6.07, 6.45) is -0.872. The fourth-order valence-corrected chi connectivity index (χ4v) is 1.36. The Morgan fingerprint density at radius 3 is 3.00 bits per heavy atom. The fraction of sp³-hybridized carbons (Fsp3) is 0.364. The van der Waals surface area contributed by atoms with Crippen LogP contribution in [0, 0.1) is 0 Å². The number of halogens is 2. The van der Waals surface area contributed by atoms with Gasteiger partial charge < -0.3 is 14.0 Å². The van der Waals surface area contributed by atoms with Crippen molar-refractivity contribution in [2.45, 2.75) is 6.43 Å². The summed E-state index contributed by atoms with van der Waals surface area (Å²) < 4.78 is 38.6. The van der Waals surface area contributed by atoms with Gasteiger partial charge in [0.2, 0.25) is 5.58 Å². The lowest BCUT2D eigenvalue weighted by Crippen LogP contribution is -2.11. The summed E-state index contributed by atoms with van der Waals surface area (Å²) in [4.78, 5) is 0. The largest absolute Gasteiger partial charge is 0.487 e. The zero-order chi connectivity index (χ0) is 12.1. The molecule has 2 rings (SSSR count). The van der Waals surface area contributed by atoms with Crippen LogP contribution in [0.2, 0.25) is 0 Å². The van der Waals surface area contributed by atoms with Crippen LogP contribution in [0.5, 0.6) is 5.75 Å². The van der Waals surface area contributed by atoms with Crippen molar-refractivity contribution in [2.75, 3.05) is 19.8 Å². The van der Waals surface area contributed by atoms with E-state index in [0.717, 1.165) is 5.39 Å². The van der Waals surface area contributed by atoms with Gasteiger partial charge in [-0.25, -0.2) is 8.78 Å². The van der Waals surface area contributed by atoms with Gasteiger partial charge in [0.1, 0.15) is 13.2 Å². The predicted molar refractivity (Wildman–Crippen MR) is 56.3 cm³/mol. The molecule has 0 spiro atoms. The molecule has 2 aromatic rings. The van der Waals surface area contributed by atoms with E-state index in [1.807, 2.05) is 6.07 Å². The van der Waals surface area contributed by atoms with Crippen molar-refractivity contribution in [2.24, 2.45) is 0 Å². The fourth-order valence-electron chi connectivity index (χ4n) is 1.36. The molecule has 92 valence electrons. The molecule has 0 aliphatic carbocycles. The Morgan fingerprint density at radius 2 is 2.18 bits per heavy atom. The molecule has 0 aliphatic heterocycles. The van der Waals surface area contributed by atoms with Gasteiger partial charge in [0.25, 0.3) is 6.43 Å². The first kappa shape index (κ1) is 11.8. The molecule has 0 unspecified atom stereocenters. The number of fused-ring (bicyclic) bond motifs is 1. The zero-order valence-corrected chi connectivity index (χ0v) is 8.94. The second-order valence-corrected chi connectivity index (χ2v) is 3.31. The van der Waals surface area contributed by atoms with E-state index in [0.29, 0.717) is 11.3 Å². The Labute approximate surface area is 96.1 Å². The van der Waals surface area contributed by atoms with Crippen LogP contribution in [-0.4, -0.2) is 31.4 Å². The van der Waals surface area contributed by atoms with Crippen molar-refractivity contribution in [3.05, 3.63) is 24.4 Å². The number of rotatable bonds is 6. The number of para-hydroxylation sites is 1. The van der Waals surface area contributed by atoms with Gasteiger partial charge >= 0.3 is 0 Å². The zero-order valence-electron chi connectivity index (χ0n) is 8.94. The Bertz CT molecular complexity index is 472. The number of nitrogens with zero attached hydrogens (tertiary/aromatic N) is 1. The molecule has 0 amide bonds. The highest BCUT2D eigenvalue weighted by Gasteiger charge is 2.06. The lowest BCUT2D eigenvalue weighted by Gasteiger charge is -2.06. The molecule has 0 bridgehead atoms. The van der Waals surface area contributed by atoms with Crippen LogP contribution in [0.1, 0.15) is 0 Å². The van der Waals surface area contributed by atoms with Gasteiger partial charge in [0.15, 0.2) is 5.75 Å². The van der Waals surface area contributed by atoms with E-state index in [2.05, 4.69) is 9.89 Å². The quantitative estimate of drug-likeness (QED) is 0.731. The Morgan fingerprint density at radius 1 is 1.29 bits per heavy atom. The summed E-state index contributed by atoms with van der Waals surface area (Å²) in [7, 11) is 0. The molecular weight excluding hydrogens is 232 g/mol. The van der Waals surface area contributed by atoms with Crippen molar-refractivity contribution in [3.8, 4) is 5.75 Å². The van der Waals surface area contributed by atoms with Crippen LogP contribution in [0.15, 0.2) is 28.9 Å². The van der Waals surface area contributed by atoms with Crippen LogP contribution < -0.4 is 4.74 Å². The maximum atomic E-state index is 11.8. The number of alkyl halides is 2. The van der Waals surface area contributed by atoms with Crippen molar-refractivity contribution in [3.63, 3.8) is 0 Å². The third-order valence-electron chi connectivity index (χ3n) is 2.07. The van der Waals surface area contributed by atoms with Gasteiger partial charge in [-0.2, -0.15) is 0 Å². The van der Waals surface area contributed by atoms with E-state index in [4.69, 9.17) is 9.26 Å². The van der Waals surface area contributed by atoms with Crippen molar-refractivity contribution < 1.29 is 22.8 Å². The predicted octanol–water partition coefficient (Wildman–Crippen LogP) is 2.49. The van der Waals surface area contributed by atoms with Gasteiger partial charge in [0, 0.05) is 5.39 Å². The molecule has 6 heteroatoms.